The normalized spacial score (nSPS) is 28.8. The Bertz CT molecular complexity index is 401. The number of hydrogen-bond acceptors (Lipinski definition) is 2. The molecule has 2 heteroatoms. The highest BCUT2D eigenvalue weighted by molar-refractivity contribution is 5.20. The maximum Gasteiger partial charge on any atom is 0.119 e. The van der Waals surface area contributed by atoms with Gasteiger partial charge in [0.05, 0.1) is 6.61 Å². The molecule has 0 heterocycles. The number of rotatable bonds is 6. The zero-order valence-electron chi connectivity index (χ0n) is 10.7. The molecule has 3 atom stereocenters. The Morgan fingerprint density at radius 1 is 1.22 bits per heavy atom. The van der Waals surface area contributed by atoms with Gasteiger partial charge in [0, 0.05) is 6.04 Å². The molecule has 3 unspecified atom stereocenters. The van der Waals surface area contributed by atoms with Crippen molar-refractivity contribution in [3.63, 3.8) is 0 Å². The van der Waals surface area contributed by atoms with Gasteiger partial charge in [0.2, 0.25) is 0 Å². The van der Waals surface area contributed by atoms with E-state index in [1.807, 2.05) is 30.3 Å². The maximum absolute atomic E-state index is 5.67. The molecule has 0 aliphatic heterocycles. The molecule has 2 aliphatic carbocycles. The first kappa shape index (κ1) is 11.8. The summed E-state index contributed by atoms with van der Waals surface area (Å²) in [6.07, 6.45) is 8.48. The van der Waals surface area contributed by atoms with Gasteiger partial charge in [-0.1, -0.05) is 30.4 Å². The second kappa shape index (κ2) is 5.57. The summed E-state index contributed by atoms with van der Waals surface area (Å²) >= 11 is 0. The molecule has 96 valence electrons. The Labute approximate surface area is 109 Å². The lowest BCUT2D eigenvalue weighted by Crippen LogP contribution is -2.48. The fourth-order valence-corrected chi connectivity index (χ4v) is 3.01. The van der Waals surface area contributed by atoms with Crippen LogP contribution < -0.4 is 10.1 Å². The van der Waals surface area contributed by atoms with Crippen molar-refractivity contribution in [2.75, 3.05) is 13.2 Å². The molecule has 0 bridgehead atoms. The molecular formula is C16H21NO. The lowest BCUT2D eigenvalue weighted by molar-refractivity contribution is 0.161. The summed E-state index contributed by atoms with van der Waals surface area (Å²) in [4.78, 5) is 0. The number of benzene rings is 1. The van der Waals surface area contributed by atoms with E-state index in [4.69, 9.17) is 4.74 Å². The number of nitrogens with one attached hydrogen (secondary N) is 1. The molecule has 0 saturated heterocycles. The Kier molecular flexibility index (Phi) is 3.65. The first-order chi connectivity index (χ1) is 8.93. The van der Waals surface area contributed by atoms with Crippen LogP contribution in [0.4, 0.5) is 0 Å². The van der Waals surface area contributed by atoms with E-state index in [1.165, 1.54) is 12.8 Å². The Morgan fingerprint density at radius 3 is 2.94 bits per heavy atom. The van der Waals surface area contributed by atoms with Crippen LogP contribution in [-0.2, 0) is 0 Å². The molecule has 2 nitrogen and oxygen atoms in total. The van der Waals surface area contributed by atoms with E-state index in [-0.39, 0.29) is 0 Å². The minimum atomic E-state index is 0.727. The molecule has 0 spiro atoms. The van der Waals surface area contributed by atoms with Crippen molar-refractivity contribution in [2.24, 2.45) is 11.8 Å². The third kappa shape index (κ3) is 2.59. The van der Waals surface area contributed by atoms with Gasteiger partial charge in [-0.25, -0.2) is 0 Å². The van der Waals surface area contributed by atoms with E-state index in [0.717, 1.165) is 43.2 Å². The number of hydrogen-bond donors (Lipinski definition) is 1. The predicted molar refractivity (Wildman–Crippen MR) is 73.7 cm³/mol. The molecule has 2 aliphatic rings. The quantitative estimate of drug-likeness (QED) is 0.612. The van der Waals surface area contributed by atoms with Crippen LogP contribution in [0.1, 0.15) is 19.3 Å². The standard InChI is InChI=1S/C16H21NO/c1-2-7-14(8-3-1)18-11-5-10-17-16-12-13-6-4-9-15(13)16/h1-4,7-9,13,15-17H,5-6,10-12H2. The number of fused-ring (bicyclic) bond motifs is 1. The molecule has 1 aromatic rings. The van der Waals surface area contributed by atoms with Crippen molar-refractivity contribution in [1.82, 2.24) is 5.32 Å². The minimum absolute atomic E-state index is 0.727. The van der Waals surface area contributed by atoms with Gasteiger partial charge in [0.25, 0.3) is 0 Å². The summed E-state index contributed by atoms with van der Waals surface area (Å²) in [5, 5.41) is 3.65. The van der Waals surface area contributed by atoms with Crippen molar-refractivity contribution >= 4 is 0 Å². The zero-order valence-corrected chi connectivity index (χ0v) is 10.7. The first-order valence-corrected chi connectivity index (χ1v) is 7.01. The molecule has 18 heavy (non-hydrogen) atoms. The zero-order chi connectivity index (χ0) is 12.2. The van der Waals surface area contributed by atoms with Gasteiger partial charge >= 0.3 is 0 Å². The van der Waals surface area contributed by atoms with Gasteiger partial charge < -0.3 is 10.1 Å². The van der Waals surface area contributed by atoms with Crippen molar-refractivity contribution in [1.29, 1.82) is 0 Å². The highest BCUT2D eigenvalue weighted by atomic mass is 16.5. The highest BCUT2D eigenvalue weighted by Crippen LogP contribution is 2.42. The van der Waals surface area contributed by atoms with E-state index in [9.17, 15) is 0 Å². The Hall–Kier alpha value is -1.28. The number of allylic oxidation sites excluding steroid dienone is 1. The fourth-order valence-electron chi connectivity index (χ4n) is 3.01. The Balaban J connectivity index is 1.28. The van der Waals surface area contributed by atoms with Crippen molar-refractivity contribution < 1.29 is 4.74 Å². The van der Waals surface area contributed by atoms with Crippen LogP contribution >= 0.6 is 0 Å². The number of ether oxygens (including phenoxy) is 1. The smallest absolute Gasteiger partial charge is 0.119 e. The second-order valence-electron chi connectivity index (χ2n) is 5.31. The van der Waals surface area contributed by atoms with E-state index < -0.39 is 0 Å². The summed E-state index contributed by atoms with van der Waals surface area (Å²) < 4.78 is 5.67. The van der Waals surface area contributed by atoms with Gasteiger partial charge in [-0.15, -0.1) is 0 Å². The molecule has 0 aromatic heterocycles. The molecule has 1 N–H and O–H groups in total. The van der Waals surface area contributed by atoms with Crippen LogP contribution in [0.15, 0.2) is 42.5 Å². The van der Waals surface area contributed by atoms with Gasteiger partial charge in [-0.2, -0.15) is 0 Å². The predicted octanol–water partition coefficient (Wildman–Crippen LogP) is 3.01. The van der Waals surface area contributed by atoms with Crippen molar-refractivity contribution in [2.45, 2.75) is 25.3 Å². The first-order valence-electron chi connectivity index (χ1n) is 7.01. The molecule has 1 saturated carbocycles. The second-order valence-corrected chi connectivity index (χ2v) is 5.31. The SMILES string of the molecule is C1=CC2C(C1)CC2NCCCOc1ccccc1. The third-order valence-electron chi connectivity index (χ3n) is 4.10. The molecule has 1 aromatic carbocycles. The maximum atomic E-state index is 5.67. The van der Waals surface area contributed by atoms with Crippen molar-refractivity contribution in [3.8, 4) is 5.75 Å². The number of para-hydroxylation sites is 1. The monoisotopic (exact) mass is 243 g/mol. The van der Waals surface area contributed by atoms with Crippen LogP contribution in [0.3, 0.4) is 0 Å². The summed E-state index contributed by atoms with van der Waals surface area (Å²) in [5.74, 6) is 2.74. The molecule has 1 fully saturated rings. The fraction of sp³-hybridized carbons (Fsp3) is 0.500. The summed E-state index contributed by atoms with van der Waals surface area (Å²) in [6.45, 7) is 1.86. The van der Waals surface area contributed by atoms with E-state index in [0.29, 0.717) is 0 Å². The summed E-state index contributed by atoms with van der Waals surface area (Å²) in [5.41, 5.74) is 0. The van der Waals surface area contributed by atoms with E-state index >= 15 is 0 Å². The average Bonchev–Trinajstić information content (AvgIpc) is 2.76. The van der Waals surface area contributed by atoms with Crippen LogP contribution in [0.5, 0.6) is 5.75 Å². The lowest BCUT2D eigenvalue weighted by Gasteiger charge is -2.40. The van der Waals surface area contributed by atoms with Crippen LogP contribution in [0.25, 0.3) is 0 Å². The van der Waals surface area contributed by atoms with E-state index in [1.54, 1.807) is 0 Å². The van der Waals surface area contributed by atoms with Crippen LogP contribution in [-0.4, -0.2) is 19.2 Å². The minimum Gasteiger partial charge on any atom is -0.494 e. The molecule has 3 rings (SSSR count). The topological polar surface area (TPSA) is 21.3 Å². The average molecular weight is 243 g/mol. The molecule has 0 amide bonds. The van der Waals surface area contributed by atoms with Gasteiger partial charge in [-0.3, -0.25) is 0 Å². The van der Waals surface area contributed by atoms with Gasteiger partial charge in [0.1, 0.15) is 5.75 Å². The van der Waals surface area contributed by atoms with Gasteiger partial charge in [0.15, 0.2) is 0 Å². The van der Waals surface area contributed by atoms with Crippen LogP contribution in [0, 0.1) is 11.8 Å². The molecular weight excluding hydrogens is 222 g/mol. The Morgan fingerprint density at radius 2 is 2.11 bits per heavy atom. The largest absolute Gasteiger partial charge is 0.494 e. The van der Waals surface area contributed by atoms with Crippen LogP contribution in [0.2, 0.25) is 0 Å². The highest BCUT2D eigenvalue weighted by Gasteiger charge is 2.40. The van der Waals surface area contributed by atoms with Gasteiger partial charge in [-0.05, 0) is 49.8 Å². The van der Waals surface area contributed by atoms with E-state index in [2.05, 4.69) is 17.5 Å². The summed E-state index contributed by atoms with van der Waals surface area (Å²) in [7, 11) is 0. The third-order valence-corrected chi connectivity index (χ3v) is 4.10. The molecule has 0 radical (unpaired) electrons. The summed E-state index contributed by atoms with van der Waals surface area (Å²) in [6, 6.07) is 10.8. The lowest BCUT2D eigenvalue weighted by atomic mass is 9.71. The van der Waals surface area contributed by atoms with Crippen molar-refractivity contribution in [3.05, 3.63) is 42.5 Å².